The van der Waals surface area contributed by atoms with Crippen molar-refractivity contribution in [3.63, 3.8) is 0 Å². The SMILES string of the molecule is CC1(C)CC(=O)c2cc(-c3cccc(C(F)(F)F)c3)nnc2C1. The molecule has 0 bridgehead atoms. The summed E-state index contributed by atoms with van der Waals surface area (Å²) in [6.07, 6.45) is -3.39. The van der Waals surface area contributed by atoms with E-state index in [1.54, 1.807) is 6.07 Å². The number of halogens is 3. The number of carbonyl (C=O) groups is 1. The molecule has 0 saturated heterocycles. The maximum atomic E-state index is 12.8. The standard InChI is InChI=1S/C17H15F3N2O/c1-16(2)8-14-12(15(23)9-16)7-13(21-22-14)10-4-3-5-11(6-10)17(18,19)20/h3-7H,8-9H2,1-2H3. The Morgan fingerprint density at radius 2 is 1.83 bits per heavy atom. The number of aromatic nitrogens is 2. The predicted molar refractivity (Wildman–Crippen MR) is 78.9 cm³/mol. The maximum Gasteiger partial charge on any atom is 0.416 e. The molecule has 0 radical (unpaired) electrons. The smallest absolute Gasteiger partial charge is 0.294 e. The van der Waals surface area contributed by atoms with Crippen molar-refractivity contribution in [2.75, 3.05) is 0 Å². The molecule has 1 aromatic heterocycles. The van der Waals surface area contributed by atoms with E-state index in [1.807, 2.05) is 13.8 Å². The Hall–Kier alpha value is -2.24. The fourth-order valence-electron chi connectivity index (χ4n) is 2.83. The summed E-state index contributed by atoms with van der Waals surface area (Å²) in [6, 6.07) is 6.43. The number of benzene rings is 1. The second-order valence-electron chi connectivity index (χ2n) is 6.61. The van der Waals surface area contributed by atoms with Crippen molar-refractivity contribution in [2.24, 2.45) is 5.41 Å². The maximum absolute atomic E-state index is 12.8. The molecule has 2 aromatic rings. The number of ketones is 1. The summed E-state index contributed by atoms with van der Waals surface area (Å²) in [5.41, 5.74) is 0.739. The van der Waals surface area contributed by atoms with Crippen LogP contribution in [0.2, 0.25) is 0 Å². The first-order chi connectivity index (χ1) is 10.7. The zero-order valence-electron chi connectivity index (χ0n) is 12.7. The van der Waals surface area contributed by atoms with Crippen molar-refractivity contribution in [3.8, 4) is 11.3 Å². The summed E-state index contributed by atoms with van der Waals surface area (Å²) in [5.74, 6) is -0.0422. The van der Waals surface area contributed by atoms with Crippen LogP contribution in [-0.4, -0.2) is 16.0 Å². The van der Waals surface area contributed by atoms with Crippen LogP contribution >= 0.6 is 0 Å². The molecule has 0 N–H and O–H groups in total. The highest BCUT2D eigenvalue weighted by atomic mass is 19.4. The van der Waals surface area contributed by atoms with Crippen LogP contribution in [0.4, 0.5) is 13.2 Å². The van der Waals surface area contributed by atoms with Crippen molar-refractivity contribution >= 4 is 5.78 Å². The van der Waals surface area contributed by atoms with Crippen LogP contribution in [0.3, 0.4) is 0 Å². The van der Waals surface area contributed by atoms with Crippen LogP contribution in [-0.2, 0) is 12.6 Å². The summed E-state index contributed by atoms with van der Waals surface area (Å²) in [4.78, 5) is 12.3. The number of hydrogen-bond acceptors (Lipinski definition) is 3. The average molecular weight is 320 g/mol. The van der Waals surface area contributed by atoms with Gasteiger partial charge < -0.3 is 0 Å². The van der Waals surface area contributed by atoms with Crippen LogP contribution in [0.5, 0.6) is 0 Å². The van der Waals surface area contributed by atoms with Gasteiger partial charge in [0, 0.05) is 17.5 Å². The van der Waals surface area contributed by atoms with Gasteiger partial charge in [0.1, 0.15) is 0 Å². The minimum absolute atomic E-state index is 0.0422. The van der Waals surface area contributed by atoms with Gasteiger partial charge in [-0.15, -0.1) is 0 Å². The van der Waals surface area contributed by atoms with Gasteiger partial charge in [0.25, 0.3) is 0 Å². The van der Waals surface area contributed by atoms with Crippen LogP contribution in [0.15, 0.2) is 30.3 Å². The first-order valence-electron chi connectivity index (χ1n) is 7.23. The van der Waals surface area contributed by atoms with Gasteiger partial charge in [-0.05, 0) is 30.0 Å². The molecule has 120 valence electrons. The third-order valence-corrected chi connectivity index (χ3v) is 3.94. The van der Waals surface area contributed by atoms with Gasteiger partial charge in [-0.25, -0.2) is 0 Å². The highest BCUT2D eigenvalue weighted by Gasteiger charge is 2.33. The Balaban J connectivity index is 2.04. The Kier molecular flexibility index (Phi) is 3.50. The van der Waals surface area contributed by atoms with E-state index in [4.69, 9.17) is 0 Å². The van der Waals surface area contributed by atoms with E-state index in [2.05, 4.69) is 10.2 Å². The Bertz CT molecular complexity index is 782. The summed E-state index contributed by atoms with van der Waals surface area (Å²) in [7, 11) is 0. The number of rotatable bonds is 1. The number of alkyl halides is 3. The fraction of sp³-hybridized carbons (Fsp3) is 0.353. The summed E-state index contributed by atoms with van der Waals surface area (Å²) in [5, 5.41) is 8.10. The van der Waals surface area contributed by atoms with Gasteiger partial charge in [0.15, 0.2) is 5.78 Å². The highest BCUT2D eigenvalue weighted by molar-refractivity contribution is 5.99. The van der Waals surface area contributed by atoms with E-state index >= 15 is 0 Å². The second-order valence-corrected chi connectivity index (χ2v) is 6.61. The zero-order valence-corrected chi connectivity index (χ0v) is 12.7. The average Bonchev–Trinajstić information content (AvgIpc) is 2.45. The van der Waals surface area contributed by atoms with Gasteiger partial charge in [-0.1, -0.05) is 26.0 Å². The first-order valence-corrected chi connectivity index (χ1v) is 7.23. The molecular weight excluding hydrogens is 305 g/mol. The van der Waals surface area contributed by atoms with E-state index in [0.29, 0.717) is 29.7 Å². The van der Waals surface area contributed by atoms with Crippen LogP contribution in [0.25, 0.3) is 11.3 Å². The third-order valence-electron chi connectivity index (χ3n) is 3.94. The molecule has 3 nitrogen and oxygen atoms in total. The molecule has 0 unspecified atom stereocenters. The summed E-state index contributed by atoms with van der Waals surface area (Å²) >= 11 is 0. The van der Waals surface area contributed by atoms with Gasteiger partial charge in [-0.2, -0.15) is 23.4 Å². The summed E-state index contributed by atoms with van der Waals surface area (Å²) < 4.78 is 38.4. The van der Waals surface area contributed by atoms with Crippen molar-refractivity contribution in [1.82, 2.24) is 10.2 Å². The minimum Gasteiger partial charge on any atom is -0.294 e. The van der Waals surface area contributed by atoms with Crippen molar-refractivity contribution in [2.45, 2.75) is 32.9 Å². The van der Waals surface area contributed by atoms with E-state index in [0.717, 1.165) is 12.1 Å². The van der Waals surface area contributed by atoms with Gasteiger partial charge in [0.2, 0.25) is 0 Å². The van der Waals surface area contributed by atoms with Crippen molar-refractivity contribution < 1.29 is 18.0 Å². The molecule has 0 amide bonds. The quantitative estimate of drug-likeness (QED) is 0.786. The number of hydrogen-bond donors (Lipinski definition) is 0. The zero-order chi connectivity index (χ0) is 16.8. The molecule has 0 atom stereocenters. The van der Waals surface area contributed by atoms with Crippen LogP contribution in [0, 0.1) is 5.41 Å². The lowest BCUT2D eigenvalue weighted by Gasteiger charge is -2.28. The fourth-order valence-corrected chi connectivity index (χ4v) is 2.83. The Morgan fingerprint density at radius 3 is 2.52 bits per heavy atom. The topological polar surface area (TPSA) is 42.9 Å². The molecule has 1 aliphatic carbocycles. The van der Waals surface area contributed by atoms with Crippen molar-refractivity contribution in [3.05, 3.63) is 47.2 Å². The van der Waals surface area contributed by atoms with Gasteiger partial charge in [0.05, 0.1) is 17.0 Å². The normalized spacial score (nSPS) is 17.0. The lowest BCUT2D eigenvalue weighted by atomic mass is 9.76. The molecule has 0 saturated carbocycles. The lowest BCUT2D eigenvalue weighted by molar-refractivity contribution is -0.137. The first kappa shape index (κ1) is 15.6. The van der Waals surface area contributed by atoms with E-state index in [1.165, 1.54) is 12.1 Å². The second kappa shape index (κ2) is 5.15. The summed E-state index contributed by atoms with van der Waals surface area (Å²) in [6.45, 7) is 3.96. The van der Waals surface area contributed by atoms with Gasteiger partial charge >= 0.3 is 6.18 Å². The molecule has 0 fully saturated rings. The number of fused-ring (bicyclic) bond motifs is 1. The van der Waals surface area contributed by atoms with Crippen LogP contribution < -0.4 is 0 Å². The molecule has 23 heavy (non-hydrogen) atoms. The molecular formula is C17H15F3N2O. The molecule has 0 aliphatic heterocycles. The molecule has 1 heterocycles. The highest BCUT2D eigenvalue weighted by Crippen LogP contribution is 2.35. The molecule has 1 aromatic carbocycles. The molecule has 0 spiro atoms. The van der Waals surface area contributed by atoms with Crippen LogP contribution in [0.1, 0.15) is 41.9 Å². The largest absolute Gasteiger partial charge is 0.416 e. The van der Waals surface area contributed by atoms with Crippen molar-refractivity contribution in [1.29, 1.82) is 0 Å². The predicted octanol–water partition coefficient (Wildman–Crippen LogP) is 4.32. The number of carbonyl (C=O) groups excluding carboxylic acids is 1. The van der Waals surface area contributed by atoms with Gasteiger partial charge in [-0.3, -0.25) is 4.79 Å². The number of nitrogens with zero attached hydrogens (tertiary/aromatic N) is 2. The minimum atomic E-state index is -4.42. The third kappa shape index (κ3) is 3.11. The lowest BCUT2D eigenvalue weighted by Crippen LogP contribution is -2.28. The van der Waals surface area contributed by atoms with E-state index < -0.39 is 11.7 Å². The van der Waals surface area contributed by atoms with E-state index in [-0.39, 0.29) is 16.9 Å². The Morgan fingerprint density at radius 1 is 1.09 bits per heavy atom. The molecule has 6 heteroatoms. The van der Waals surface area contributed by atoms with E-state index in [9.17, 15) is 18.0 Å². The molecule has 3 rings (SSSR count). The number of Topliss-reactive ketones (excluding diaryl/α,β-unsaturated/α-hetero) is 1. The monoisotopic (exact) mass is 320 g/mol. The Labute approximate surface area is 131 Å². The molecule has 1 aliphatic rings.